The average molecular weight is 414 g/mol. The van der Waals surface area contributed by atoms with E-state index in [1.165, 1.54) is 7.11 Å². The van der Waals surface area contributed by atoms with E-state index in [1.807, 2.05) is 13.0 Å². The number of hydrogen-bond acceptors (Lipinski definition) is 5. The molecule has 1 aliphatic carbocycles. The molecule has 1 atom stereocenters. The summed E-state index contributed by atoms with van der Waals surface area (Å²) in [5.74, 6) is -1.27. The Hall–Kier alpha value is -2.73. The molecule has 0 saturated carbocycles. The second kappa shape index (κ2) is 11.5. The van der Waals surface area contributed by atoms with E-state index in [9.17, 15) is 19.5 Å². The van der Waals surface area contributed by atoms with Crippen molar-refractivity contribution in [2.45, 2.75) is 64.9 Å². The van der Waals surface area contributed by atoms with Gasteiger partial charge in [-0.1, -0.05) is 42.7 Å². The number of hydrogen-bond donors (Lipinski definition) is 2. The topological polar surface area (TPSA) is 92.7 Å². The maximum atomic E-state index is 13.0. The van der Waals surface area contributed by atoms with Gasteiger partial charge in [-0.25, -0.2) is 0 Å². The zero-order chi connectivity index (χ0) is 22.1. The summed E-state index contributed by atoms with van der Waals surface area (Å²) in [5, 5.41) is 12.6. The van der Waals surface area contributed by atoms with Crippen molar-refractivity contribution in [3.8, 4) is 0 Å². The smallest absolute Gasteiger partial charge is 0.251 e. The molecule has 0 aromatic heterocycles. The summed E-state index contributed by atoms with van der Waals surface area (Å²) in [4.78, 5) is 37.9. The van der Waals surface area contributed by atoms with Gasteiger partial charge in [0.25, 0.3) is 5.91 Å². The molecule has 1 amide bonds. The van der Waals surface area contributed by atoms with Gasteiger partial charge in [-0.15, -0.1) is 0 Å². The first-order chi connectivity index (χ1) is 14.3. The summed E-state index contributed by atoms with van der Waals surface area (Å²) >= 11 is 0. The van der Waals surface area contributed by atoms with Gasteiger partial charge in [0.1, 0.15) is 0 Å². The third kappa shape index (κ3) is 6.66. The van der Waals surface area contributed by atoms with Gasteiger partial charge >= 0.3 is 0 Å². The van der Waals surface area contributed by atoms with Gasteiger partial charge in [0.15, 0.2) is 5.76 Å². The van der Waals surface area contributed by atoms with E-state index >= 15 is 0 Å². The van der Waals surface area contributed by atoms with Gasteiger partial charge in [0.05, 0.1) is 24.5 Å². The molecule has 1 unspecified atom stereocenters. The molecule has 30 heavy (non-hydrogen) atoms. The second-order valence-electron chi connectivity index (χ2n) is 7.75. The summed E-state index contributed by atoms with van der Waals surface area (Å²) in [6.45, 7) is 3.54. The summed E-state index contributed by atoms with van der Waals surface area (Å²) in [7, 11) is 1.37. The van der Waals surface area contributed by atoms with Crippen LogP contribution in [0.4, 0.5) is 0 Å². The van der Waals surface area contributed by atoms with Crippen LogP contribution in [0.15, 0.2) is 58.6 Å². The van der Waals surface area contributed by atoms with Crippen molar-refractivity contribution in [1.82, 2.24) is 5.32 Å². The van der Waals surface area contributed by atoms with Crippen LogP contribution in [0.1, 0.15) is 58.8 Å². The Morgan fingerprint density at radius 2 is 1.90 bits per heavy atom. The van der Waals surface area contributed by atoms with Crippen LogP contribution in [0.2, 0.25) is 0 Å². The number of carbonyl (C=O) groups excluding carboxylic acids is 3. The van der Waals surface area contributed by atoms with Crippen molar-refractivity contribution >= 4 is 17.5 Å². The molecule has 1 aliphatic heterocycles. The maximum Gasteiger partial charge on any atom is 0.251 e. The van der Waals surface area contributed by atoms with Gasteiger partial charge in [-0.3, -0.25) is 14.4 Å². The Balaban J connectivity index is 2.31. The molecule has 6 nitrogen and oxygen atoms in total. The summed E-state index contributed by atoms with van der Waals surface area (Å²) in [6.07, 6.45) is 13.3. The van der Waals surface area contributed by atoms with E-state index < -0.39 is 23.6 Å². The lowest BCUT2D eigenvalue weighted by atomic mass is 9.92. The zero-order valence-corrected chi connectivity index (χ0v) is 18.0. The van der Waals surface area contributed by atoms with Crippen molar-refractivity contribution in [3.05, 3.63) is 58.6 Å². The van der Waals surface area contributed by atoms with E-state index in [0.29, 0.717) is 12.0 Å². The first kappa shape index (κ1) is 23.5. The van der Waals surface area contributed by atoms with Gasteiger partial charge in [-0.2, -0.15) is 0 Å². The van der Waals surface area contributed by atoms with Crippen molar-refractivity contribution in [2.24, 2.45) is 0 Å². The Morgan fingerprint density at radius 3 is 2.63 bits per heavy atom. The number of aliphatic hydroxyl groups is 1. The number of methoxy groups -OCH3 is 1. The fourth-order valence-corrected chi connectivity index (χ4v) is 3.42. The van der Waals surface area contributed by atoms with Crippen molar-refractivity contribution < 1.29 is 24.2 Å². The highest BCUT2D eigenvalue weighted by molar-refractivity contribution is 6.23. The molecule has 0 saturated heterocycles. The van der Waals surface area contributed by atoms with E-state index in [1.54, 1.807) is 19.1 Å². The van der Waals surface area contributed by atoms with Crippen LogP contribution in [0, 0.1) is 0 Å². The van der Waals surface area contributed by atoms with E-state index in [4.69, 9.17) is 4.74 Å². The third-order valence-electron chi connectivity index (χ3n) is 5.18. The number of ether oxygens (including phenoxy) is 1. The lowest BCUT2D eigenvalue weighted by Crippen LogP contribution is -2.33. The minimum absolute atomic E-state index is 0.0285. The predicted octanol–water partition coefficient (Wildman–Crippen LogP) is 3.59. The van der Waals surface area contributed by atoms with Crippen LogP contribution >= 0.6 is 0 Å². The standard InChI is InChI=1S/C24H31NO5/c1-16-10-6-4-5-7-12-18(26)13-9-8-11-17(2)24(29)25-20-15-21(27)23(30-3)19(14-16)22(20)28/h8-11,15,18,26H,4-7,12-14H2,1-3H3,(H,25,29)/b9-8-,16-10+,17-11+. The molecule has 6 heteroatoms. The summed E-state index contributed by atoms with van der Waals surface area (Å²) in [5.41, 5.74) is 1.57. The summed E-state index contributed by atoms with van der Waals surface area (Å²) < 4.78 is 5.20. The molecule has 2 aliphatic rings. The Morgan fingerprint density at radius 1 is 1.13 bits per heavy atom. The lowest BCUT2D eigenvalue weighted by molar-refractivity contribution is -0.120. The molecular formula is C24H31NO5. The number of Topliss-reactive ketones (excluding diaryl/α,β-unsaturated/α-hetero) is 1. The average Bonchev–Trinajstić information content (AvgIpc) is 2.70. The van der Waals surface area contributed by atoms with Crippen LogP contribution in [0.3, 0.4) is 0 Å². The van der Waals surface area contributed by atoms with Crippen LogP contribution in [0.5, 0.6) is 0 Å². The fraction of sp³-hybridized carbons (Fsp3) is 0.458. The highest BCUT2D eigenvalue weighted by atomic mass is 16.5. The van der Waals surface area contributed by atoms with Crippen LogP contribution in [-0.4, -0.2) is 35.8 Å². The lowest BCUT2D eigenvalue weighted by Gasteiger charge is -2.19. The summed E-state index contributed by atoms with van der Waals surface area (Å²) in [6, 6.07) is 0. The monoisotopic (exact) mass is 413 g/mol. The third-order valence-corrected chi connectivity index (χ3v) is 5.18. The van der Waals surface area contributed by atoms with Crippen molar-refractivity contribution in [2.75, 3.05) is 7.11 Å². The molecule has 0 spiro atoms. The highest BCUT2D eigenvalue weighted by Gasteiger charge is 2.30. The number of allylic oxidation sites excluding steroid dienone is 6. The van der Waals surface area contributed by atoms with Gasteiger partial charge in [-0.05, 0) is 39.5 Å². The Labute approximate surface area is 178 Å². The first-order valence-electron chi connectivity index (χ1n) is 10.4. The Bertz CT molecular complexity index is 842. The van der Waals surface area contributed by atoms with Crippen LogP contribution in [0.25, 0.3) is 0 Å². The normalized spacial score (nSPS) is 27.4. The molecular weight excluding hydrogens is 382 g/mol. The molecule has 0 fully saturated rings. The number of aliphatic hydroxyl groups excluding tert-OH is 1. The number of nitrogens with one attached hydrogen (secondary N) is 1. The van der Waals surface area contributed by atoms with Crippen LogP contribution < -0.4 is 5.32 Å². The van der Waals surface area contributed by atoms with Crippen molar-refractivity contribution in [3.63, 3.8) is 0 Å². The largest absolute Gasteiger partial charge is 0.492 e. The van der Waals surface area contributed by atoms with E-state index in [2.05, 4.69) is 11.4 Å². The van der Waals surface area contributed by atoms with E-state index in [0.717, 1.165) is 43.8 Å². The predicted molar refractivity (Wildman–Crippen MR) is 115 cm³/mol. The van der Waals surface area contributed by atoms with Crippen molar-refractivity contribution in [1.29, 1.82) is 0 Å². The molecule has 1 heterocycles. The zero-order valence-electron chi connectivity index (χ0n) is 18.0. The van der Waals surface area contributed by atoms with Gasteiger partial charge in [0, 0.05) is 18.1 Å². The minimum Gasteiger partial charge on any atom is -0.492 e. The number of amides is 1. The van der Waals surface area contributed by atoms with Gasteiger partial charge < -0.3 is 15.2 Å². The maximum absolute atomic E-state index is 13.0. The number of fused-ring (bicyclic) bond motifs is 2. The highest BCUT2D eigenvalue weighted by Crippen LogP contribution is 2.25. The second-order valence-corrected chi connectivity index (χ2v) is 7.75. The van der Waals surface area contributed by atoms with Crippen LogP contribution in [-0.2, 0) is 19.1 Å². The molecule has 0 radical (unpaired) electrons. The molecule has 2 bridgehead atoms. The minimum atomic E-state index is -0.460. The van der Waals surface area contributed by atoms with Gasteiger partial charge in [0.2, 0.25) is 11.6 Å². The number of carbonyl (C=O) groups is 3. The SMILES string of the molecule is COC1=C2C/C(C)=C/CCCCCC(O)C/C=C\C=C(/C)C(=O)NC(=CC1=O)C2=O. The number of rotatable bonds is 1. The molecule has 0 aromatic rings. The quantitative estimate of drug-likeness (QED) is 0.506. The fourth-order valence-electron chi connectivity index (χ4n) is 3.42. The van der Waals surface area contributed by atoms with E-state index in [-0.39, 0.29) is 23.5 Å². The Kier molecular flexibility index (Phi) is 8.99. The first-order valence-corrected chi connectivity index (χ1v) is 10.4. The number of ketones is 2. The molecule has 2 rings (SSSR count). The molecule has 2 N–H and O–H groups in total. The molecule has 162 valence electrons. The molecule has 0 aromatic carbocycles.